The first-order chi connectivity index (χ1) is 17.4. The highest BCUT2D eigenvalue weighted by Crippen LogP contribution is 2.34. The number of nitrogens with one attached hydrogen (secondary N) is 1. The molecule has 2 aromatic carbocycles. The predicted octanol–water partition coefficient (Wildman–Crippen LogP) is 2.36. The largest absolute Gasteiger partial charge is 0.506 e. The van der Waals surface area contributed by atoms with Gasteiger partial charge in [0.1, 0.15) is 5.75 Å². The van der Waals surface area contributed by atoms with E-state index in [9.17, 15) is 27.0 Å². The molecule has 0 aliphatic carbocycles. The molecule has 2 aliphatic rings. The van der Waals surface area contributed by atoms with Crippen molar-refractivity contribution in [2.75, 3.05) is 35.5 Å². The Morgan fingerprint density at radius 2 is 1.70 bits per heavy atom. The molecule has 5 N–H and O–H groups in total. The number of hydrogen-bond acceptors (Lipinski definition) is 8. The van der Waals surface area contributed by atoms with Crippen molar-refractivity contribution in [3.05, 3.63) is 48.0 Å². The van der Waals surface area contributed by atoms with Crippen molar-refractivity contribution in [1.82, 2.24) is 4.31 Å². The normalized spacial score (nSPS) is 22.5. The number of sulfonamides is 2. The van der Waals surface area contributed by atoms with Gasteiger partial charge in [-0.1, -0.05) is 12.5 Å². The Morgan fingerprint density at radius 1 is 1.03 bits per heavy atom. The Bertz CT molecular complexity index is 1290. The number of piperidine rings is 2. The fraction of sp³-hybridized carbons (Fsp3) is 0.520. The van der Waals surface area contributed by atoms with Crippen LogP contribution in [0.5, 0.6) is 5.75 Å². The number of aliphatic hydroxyl groups is 1. The summed E-state index contributed by atoms with van der Waals surface area (Å²) < 4.78 is 53.1. The van der Waals surface area contributed by atoms with Gasteiger partial charge in [-0.2, -0.15) is 4.31 Å². The van der Waals surface area contributed by atoms with Crippen LogP contribution in [-0.4, -0.2) is 69.3 Å². The summed E-state index contributed by atoms with van der Waals surface area (Å²) in [7, 11) is -7.13. The van der Waals surface area contributed by atoms with Gasteiger partial charge in [0.25, 0.3) is 0 Å². The first-order valence-electron chi connectivity index (χ1n) is 12.6. The Hall–Kier alpha value is -2.38. The van der Waals surface area contributed by atoms with E-state index in [2.05, 4.69) is 9.62 Å². The number of nitrogens with two attached hydrogens (primary N) is 1. The molecule has 0 aromatic heterocycles. The molecule has 37 heavy (non-hydrogen) atoms. The van der Waals surface area contributed by atoms with Gasteiger partial charge in [-0.25, -0.2) is 16.8 Å². The fourth-order valence-corrected chi connectivity index (χ4v) is 7.23. The molecular formula is C25H36N4O6S2. The molecule has 0 amide bonds. The molecule has 2 unspecified atom stereocenters. The maximum absolute atomic E-state index is 13.0. The smallest absolute Gasteiger partial charge is 0.243 e. The minimum absolute atomic E-state index is 0.00163. The molecule has 0 spiro atoms. The summed E-state index contributed by atoms with van der Waals surface area (Å²) in [5.74, 6) is -0.234. The summed E-state index contributed by atoms with van der Waals surface area (Å²) in [6, 6.07) is 11.1. The lowest BCUT2D eigenvalue weighted by molar-refractivity contribution is 0.149. The zero-order valence-electron chi connectivity index (χ0n) is 21.0. The van der Waals surface area contributed by atoms with Crippen molar-refractivity contribution < 1.29 is 27.0 Å². The highest BCUT2D eigenvalue weighted by Gasteiger charge is 2.31. The molecule has 0 radical (unpaired) electrons. The first kappa shape index (κ1) is 27.6. The molecule has 12 heteroatoms. The third-order valence-electron chi connectivity index (χ3n) is 7.07. The van der Waals surface area contributed by atoms with E-state index in [1.54, 1.807) is 22.5 Å². The van der Waals surface area contributed by atoms with Crippen LogP contribution < -0.4 is 15.4 Å². The zero-order chi connectivity index (χ0) is 26.8. The van der Waals surface area contributed by atoms with Gasteiger partial charge in [0.2, 0.25) is 20.0 Å². The highest BCUT2D eigenvalue weighted by atomic mass is 32.2. The summed E-state index contributed by atoms with van der Waals surface area (Å²) >= 11 is 0. The average Bonchev–Trinajstić information content (AvgIpc) is 2.85. The molecule has 2 saturated heterocycles. The van der Waals surface area contributed by atoms with E-state index in [1.807, 2.05) is 12.1 Å². The van der Waals surface area contributed by atoms with E-state index < -0.39 is 26.2 Å². The van der Waals surface area contributed by atoms with Crippen LogP contribution >= 0.6 is 0 Å². The summed E-state index contributed by atoms with van der Waals surface area (Å²) in [6.07, 6.45) is 4.58. The Balaban J connectivity index is 1.52. The maximum atomic E-state index is 13.0. The van der Waals surface area contributed by atoms with Crippen molar-refractivity contribution >= 4 is 31.4 Å². The van der Waals surface area contributed by atoms with Gasteiger partial charge in [0.15, 0.2) is 0 Å². The number of benzene rings is 2. The van der Waals surface area contributed by atoms with Gasteiger partial charge in [0, 0.05) is 37.4 Å². The predicted molar refractivity (Wildman–Crippen MR) is 144 cm³/mol. The molecular weight excluding hydrogens is 516 g/mol. The minimum Gasteiger partial charge on any atom is -0.506 e. The van der Waals surface area contributed by atoms with E-state index in [0.29, 0.717) is 38.0 Å². The summed E-state index contributed by atoms with van der Waals surface area (Å²) in [6.45, 7) is 1.76. The molecule has 10 nitrogen and oxygen atoms in total. The van der Waals surface area contributed by atoms with Crippen molar-refractivity contribution in [2.45, 2.75) is 61.6 Å². The lowest BCUT2D eigenvalue weighted by Gasteiger charge is -2.41. The van der Waals surface area contributed by atoms with Crippen LogP contribution in [0.4, 0.5) is 11.4 Å². The summed E-state index contributed by atoms with van der Waals surface area (Å²) in [5, 5.41) is 21.0. The van der Waals surface area contributed by atoms with E-state index in [1.165, 1.54) is 12.1 Å². The SMILES string of the molecule is CS(=O)(=O)Nc1cc([C@H](O)CC2CC(N)CCN2c2ccc(S(=O)(=O)N3CCCCC3)cc2)ccc1O. The van der Waals surface area contributed by atoms with Crippen molar-refractivity contribution in [1.29, 1.82) is 0 Å². The number of phenols is 1. The van der Waals surface area contributed by atoms with Crippen molar-refractivity contribution in [3.8, 4) is 5.75 Å². The lowest BCUT2D eigenvalue weighted by Crippen LogP contribution is -2.47. The van der Waals surface area contributed by atoms with Crippen LogP contribution in [0.1, 0.15) is 50.2 Å². The maximum Gasteiger partial charge on any atom is 0.243 e. The van der Waals surface area contributed by atoms with Crippen LogP contribution in [0, 0.1) is 0 Å². The minimum atomic E-state index is -3.61. The number of phenolic OH excluding ortho intramolecular Hbond substituents is 1. The number of rotatable bonds is 8. The van der Waals surface area contributed by atoms with Crippen LogP contribution in [0.3, 0.4) is 0 Å². The number of nitrogens with zero attached hydrogens (tertiary/aromatic N) is 2. The second kappa shape index (κ2) is 11.2. The molecule has 0 bridgehead atoms. The fourth-order valence-electron chi connectivity index (χ4n) is 5.15. The van der Waals surface area contributed by atoms with E-state index >= 15 is 0 Å². The van der Waals surface area contributed by atoms with Gasteiger partial charge < -0.3 is 20.8 Å². The van der Waals surface area contributed by atoms with E-state index in [0.717, 1.165) is 37.6 Å². The molecule has 2 fully saturated rings. The third-order valence-corrected chi connectivity index (χ3v) is 9.58. The van der Waals surface area contributed by atoms with Crippen LogP contribution in [0.15, 0.2) is 47.4 Å². The molecule has 3 atom stereocenters. The van der Waals surface area contributed by atoms with Gasteiger partial charge in [-0.05, 0) is 74.1 Å². The molecule has 2 heterocycles. The Morgan fingerprint density at radius 3 is 2.35 bits per heavy atom. The second-order valence-electron chi connectivity index (χ2n) is 9.99. The van der Waals surface area contributed by atoms with Crippen LogP contribution in [0.2, 0.25) is 0 Å². The topological polar surface area (TPSA) is 153 Å². The monoisotopic (exact) mass is 552 g/mol. The van der Waals surface area contributed by atoms with Crippen molar-refractivity contribution in [2.24, 2.45) is 5.73 Å². The molecule has 204 valence electrons. The third kappa shape index (κ3) is 6.74. The number of aromatic hydroxyl groups is 1. The molecule has 2 aliphatic heterocycles. The van der Waals surface area contributed by atoms with Crippen LogP contribution in [0.25, 0.3) is 0 Å². The van der Waals surface area contributed by atoms with E-state index in [-0.39, 0.29) is 28.4 Å². The Kier molecular flexibility index (Phi) is 8.34. The Labute approximate surface area is 219 Å². The van der Waals surface area contributed by atoms with Crippen LogP contribution in [-0.2, 0) is 20.0 Å². The highest BCUT2D eigenvalue weighted by molar-refractivity contribution is 7.92. The van der Waals surface area contributed by atoms with Gasteiger partial charge >= 0.3 is 0 Å². The second-order valence-corrected chi connectivity index (χ2v) is 13.7. The number of hydrogen-bond donors (Lipinski definition) is 4. The van der Waals surface area contributed by atoms with Crippen molar-refractivity contribution in [3.63, 3.8) is 0 Å². The van der Waals surface area contributed by atoms with E-state index in [4.69, 9.17) is 5.73 Å². The molecule has 0 saturated carbocycles. The van der Waals surface area contributed by atoms with Gasteiger partial charge in [-0.3, -0.25) is 4.72 Å². The molecule has 2 aromatic rings. The average molecular weight is 553 g/mol. The van der Waals surface area contributed by atoms with Gasteiger partial charge in [-0.15, -0.1) is 0 Å². The summed E-state index contributed by atoms with van der Waals surface area (Å²) in [4.78, 5) is 2.42. The number of aliphatic hydroxyl groups excluding tert-OH is 1. The van der Waals surface area contributed by atoms with Gasteiger partial charge in [0.05, 0.1) is 22.9 Å². The quantitative estimate of drug-likeness (QED) is 0.364. The first-order valence-corrected chi connectivity index (χ1v) is 15.9. The standard InChI is InChI=1S/C25H36N4O6S2/c1-36(32,33)27-23-15-18(5-10-24(23)30)25(31)17-21-16-19(26)11-14-29(21)20-6-8-22(9-7-20)37(34,35)28-12-3-2-4-13-28/h5-10,15,19,21,25,27,30-31H,2-4,11-14,16-17,26H2,1H3/t19?,21?,25-/m1/s1. The summed E-state index contributed by atoms with van der Waals surface area (Å²) in [5.41, 5.74) is 7.57. The lowest BCUT2D eigenvalue weighted by atomic mass is 9.91. The number of anilines is 2. The molecule has 4 rings (SSSR count). The zero-order valence-corrected chi connectivity index (χ0v) is 22.6.